The van der Waals surface area contributed by atoms with Crippen LogP contribution in [0.15, 0.2) is 53.9 Å². The monoisotopic (exact) mass is 461 g/mol. The molecule has 1 amide bonds. The fourth-order valence-corrected chi connectivity index (χ4v) is 3.99. The zero-order valence-electron chi connectivity index (χ0n) is 17.3. The van der Waals surface area contributed by atoms with Crippen LogP contribution in [-0.2, 0) is 24.4 Å². The Balaban J connectivity index is 1.67. The van der Waals surface area contributed by atoms with E-state index in [-0.39, 0.29) is 11.7 Å². The minimum absolute atomic E-state index is 0.179. The zero-order chi connectivity index (χ0) is 22.1. The van der Waals surface area contributed by atoms with Crippen LogP contribution in [0.3, 0.4) is 0 Å². The molecular formula is C23H25ClFN3O2S. The van der Waals surface area contributed by atoms with Gasteiger partial charge in [0.2, 0.25) is 0 Å². The number of hydrogen-bond donors (Lipinski definition) is 1. The number of halogens is 2. The quantitative estimate of drug-likeness (QED) is 0.412. The second-order valence-corrected chi connectivity index (χ2v) is 8.51. The Morgan fingerprint density at radius 1 is 1.10 bits per heavy atom. The molecule has 2 aromatic carbocycles. The molecular weight excluding hydrogens is 437 g/mol. The van der Waals surface area contributed by atoms with Gasteiger partial charge in [0.05, 0.1) is 6.54 Å². The molecule has 164 valence electrons. The first-order valence-electron chi connectivity index (χ1n) is 9.96. The highest BCUT2D eigenvalue weighted by atomic mass is 35.5. The van der Waals surface area contributed by atoms with Gasteiger partial charge in [-0.1, -0.05) is 35.9 Å². The highest BCUT2D eigenvalue weighted by Crippen LogP contribution is 2.19. The summed E-state index contributed by atoms with van der Waals surface area (Å²) in [5.74, 6) is -0.435. The normalized spacial score (nSPS) is 11.1. The number of rotatable bonds is 11. The largest absolute Gasteiger partial charge is 0.385 e. The van der Waals surface area contributed by atoms with Crippen molar-refractivity contribution in [3.8, 4) is 0 Å². The Bertz CT molecular complexity index is 916. The van der Waals surface area contributed by atoms with E-state index in [2.05, 4.69) is 15.2 Å². The van der Waals surface area contributed by atoms with Gasteiger partial charge in [0.25, 0.3) is 5.91 Å². The second kappa shape index (κ2) is 11.9. The fraction of sp³-hybridized carbons (Fsp3) is 0.304. The third-order valence-electron chi connectivity index (χ3n) is 4.59. The lowest BCUT2D eigenvalue weighted by molar-refractivity contribution is 0.0944. The van der Waals surface area contributed by atoms with Crippen molar-refractivity contribution in [2.75, 3.05) is 20.3 Å². The Labute approximate surface area is 190 Å². The number of hydrogen-bond acceptors (Lipinski definition) is 5. The molecule has 0 saturated carbocycles. The average molecular weight is 462 g/mol. The molecule has 1 aromatic heterocycles. The van der Waals surface area contributed by atoms with E-state index in [9.17, 15) is 9.18 Å². The lowest BCUT2D eigenvalue weighted by Gasteiger charge is -2.21. The zero-order valence-corrected chi connectivity index (χ0v) is 18.9. The summed E-state index contributed by atoms with van der Waals surface area (Å²) < 4.78 is 18.3. The minimum atomic E-state index is -0.255. The van der Waals surface area contributed by atoms with Crippen LogP contribution in [0.1, 0.15) is 33.0 Å². The summed E-state index contributed by atoms with van der Waals surface area (Å²) in [4.78, 5) is 19.0. The highest BCUT2D eigenvalue weighted by Gasteiger charge is 2.14. The molecule has 0 aliphatic rings. The van der Waals surface area contributed by atoms with Gasteiger partial charge >= 0.3 is 0 Å². The summed E-state index contributed by atoms with van der Waals surface area (Å²) >= 11 is 7.46. The standard InChI is InChI=1S/C23H25ClFN3O2S/c1-30-12-2-11-26-23(29)21-16-31-22(27-21)15-28(13-17-3-7-19(24)8-4-17)14-18-5-9-20(25)10-6-18/h3-10,16H,2,11-15H2,1H3,(H,26,29). The number of aromatic nitrogens is 1. The number of nitrogens with zero attached hydrogens (tertiary/aromatic N) is 2. The summed E-state index contributed by atoms with van der Waals surface area (Å²) in [7, 11) is 1.64. The van der Waals surface area contributed by atoms with E-state index >= 15 is 0 Å². The SMILES string of the molecule is COCCCNC(=O)c1csc(CN(Cc2ccc(F)cc2)Cc2ccc(Cl)cc2)n1. The number of carbonyl (C=O) groups is 1. The number of thiazole rings is 1. The predicted molar refractivity (Wildman–Crippen MR) is 122 cm³/mol. The van der Waals surface area contributed by atoms with Crippen LogP contribution in [-0.4, -0.2) is 36.1 Å². The minimum Gasteiger partial charge on any atom is -0.385 e. The maximum absolute atomic E-state index is 13.3. The van der Waals surface area contributed by atoms with Crippen LogP contribution < -0.4 is 5.32 Å². The van der Waals surface area contributed by atoms with Crippen molar-refractivity contribution in [2.24, 2.45) is 0 Å². The van der Waals surface area contributed by atoms with E-state index in [4.69, 9.17) is 16.3 Å². The van der Waals surface area contributed by atoms with Gasteiger partial charge in [-0.15, -0.1) is 11.3 Å². The van der Waals surface area contributed by atoms with Crippen molar-refractivity contribution < 1.29 is 13.9 Å². The van der Waals surface area contributed by atoms with Crippen molar-refractivity contribution in [1.82, 2.24) is 15.2 Å². The Kier molecular flexibility index (Phi) is 8.97. The number of methoxy groups -OCH3 is 1. The van der Waals surface area contributed by atoms with Crippen LogP contribution in [0.4, 0.5) is 4.39 Å². The second-order valence-electron chi connectivity index (χ2n) is 7.13. The molecule has 1 N–H and O–H groups in total. The van der Waals surface area contributed by atoms with Crippen molar-refractivity contribution in [3.05, 3.63) is 86.6 Å². The number of benzene rings is 2. The maximum atomic E-state index is 13.3. The van der Waals surface area contributed by atoms with Gasteiger partial charge in [0.15, 0.2) is 0 Å². The molecule has 0 atom stereocenters. The first kappa shape index (κ1) is 23.3. The molecule has 0 fully saturated rings. The van der Waals surface area contributed by atoms with Gasteiger partial charge in [0, 0.05) is 43.8 Å². The number of amides is 1. The maximum Gasteiger partial charge on any atom is 0.270 e. The molecule has 3 rings (SSSR count). The van der Waals surface area contributed by atoms with Gasteiger partial charge in [-0.3, -0.25) is 9.69 Å². The molecule has 8 heteroatoms. The van der Waals surface area contributed by atoms with Gasteiger partial charge in [-0.25, -0.2) is 9.37 Å². The summed E-state index contributed by atoms with van der Waals surface area (Å²) in [5, 5.41) is 6.17. The van der Waals surface area contributed by atoms with Gasteiger partial charge in [0.1, 0.15) is 16.5 Å². The van der Waals surface area contributed by atoms with Crippen molar-refractivity contribution in [2.45, 2.75) is 26.1 Å². The van der Waals surface area contributed by atoms with Crippen LogP contribution in [0, 0.1) is 5.82 Å². The predicted octanol–water partition coefficient (Wildman–Crippen LogP) is 4.90. The smallest absolute Gasteiger partial charge is 0.270 e. The van der Waals surface area contributed by atoms with E-state index in [1.165, 1.54) is 23.5 Å². The van der Waals surface area contributed by atoms with Crippen LogP contribution in [0.25, 0.3) is 0 Å². The fourth-order valence-electron chi connectivity index (χ4n) is 3.05. The van der Waals surface area contributed by atoms with Gasteiger partial charge in [-0.2, -0.15) is 0 Å². The van der Waals surface area contributed by atoms with E-state index < -0.39 is 0 Å². The lowest BCUT2D eigenvalue weighted by Crippen LogP contribution is -2.26. The summed E-state index contributed by atoms with van der Waals surface area (Å²) in [6.07, 6.45) is 0.756. The molecule has 0 bridgehead atoms. The van der Waals surface area contributed by atoms with Gasteiger partial charge < -0.3 is 10.1 Å². The molecule has 0 unspecified atom stereocenters. The summed E-state index contributed by atoms with van der Waals surface area (Å²) in [6, 6.07) is 14.2. The Morgan fingerprint density at radius 3 is 2.39 bits per heavy atom. The first-order valence-corrected chi connectivity index (χ1v) is 11.2. The molecule has 31 heavy (non-hydrogen) atoms. The summed E-state index contributed by atoms with van der Waals surface area (Å²) in [5.41, 5.74) is 2.54. The van der Waals surface area contributed by atoms with E-state index in [0.29, 0.717) is 43.5 Å². The molecule has 0 radical (unpaired) electrons. The number of nitrogens with one attached hydrogen (secondary N) is 1. The van der Waals surface area contributed by atoms with Gasteiger partial charge in [-0.05, 0) is 41.8 Å². The van der Waals surface area contributed by atoms with Crippen LogP contribution in [0.2, 0.25) is 5.02 Å². The van der Waals surface area contributed by atoms with Crippen LogP contribution in [0.5, 0.6) is 0 Å². The molecule has 0 aliphatic heterocycles. The Hall–Kier alpha value is -2.32. The molecule has 1 heterocycles. The molecule has 0 aliphatic carbocycles. The topological polar surface area (TPSA) is 54.5 Å². The van der Waals surface area contributed by atoms with Crippen molar-refractivity contribution >= 4 is 28.8 Å². The number of carbonyl (C=O) groups excluding carboxylic acids is 1. The van der Waals surface area contributed by atoms with Crippen molar-refractivity contribution in [3.63, 3.8) is 0 Å². The van der Waals surface area contributed by atoms with Crippen molar-refractivity contribution in [1.29, 1.82) is 0 Å². The molecule has 0 saturated heterocycles. The molecule has 5 nitrogen and oxygen atoms in total. The molecule has 0 spiro atoms. The van der Waals surface area contributed by atoms with E-state index in [0.717, 1.165) is 22.6 Å². The average Bonchev–Trinajstić information content (AvgIpc) is 3.23. The Morgan fingerprint density at radius 2 is 1.74 bits per heavy atom. The number of ether oxygens (including phenoxy) is 1. The first-order chi connectivity index (χ1) is 15.0. The molecule has 3 aromatic rings. The highest BCUT2D eigenvalue weighted by molar-refractivity contribution is 7.09. The van der Waals surface area contributed by atoms with E-state index in [1.54, 1.807) is 24.6 Å². The third kappa shape index (κ3) is 7.70. The van der Waals surface area contributed by atoms with Crippen LogP contribution >= 0.6 is 22.9 Å². The lowest BCUT2D eigenvalue weighted by atomic mass is 10.1. The third-order valence-corrected chi connectivity index (χ3v) is 5.68. The summed E-state index contributed by atoms with van der Waals surface area (Å²) in [6.45, 7) is 3.02. The van der Waals surface area contributed by atoms with E-state index in [1.807, 2.05) is 24.3 Å².